The summed E-state index contributed by atoms with van der Waals surface area (Å²) < 4.78 is 20.5. The van der Waals surface area contributed by atoms with E-state index >= 15 is 0 Å². The first kappa shape index (κ1) is 35.3. The summed E-state index contributed by atoms with van der Waals surface area (Å²) in [5.41, 5.74) is 10.7. The smallest absolute Gasteiger partial charge is 0.258 e. The lowest BCUT2D eigenvalue weighted by atomic mass is 9.93. The molecule has 0 heterocycles. The number of rotatable bonds is 11. The van der Waals surface area contributed by atoms with Crippen LogP contribution in [0, 0.1) is 5.82 Å². The number of carbonyl (C=O) groups is 2. The number of ether oxygens (including phenoxy) is 1. The number of halogens is 3. The molecule has 0 aromatic heterocycles. The van der Waals surface area contributed by atoms with Crippen molar-refractivity contribution in [3.05, 3.63) is 143 Å². The third-order valence-corrected chi connectivity index (χ3v) is 7.91. The van der Waals surface area contributed by atoms with E-state index in [2.05, 4.69) is 10.6 Å². The lowest BCUT2D eigenvalue weighted by molar-refractivity contribution is -0.122. The van der Waals surface area contributed by atoms with Gasteiger partial charge >= 0.3 is 0 Å². The van der Waals surface area contributed by atoms with E-state index < -0.39 is 17.9 Å². The van der Waals surface area contributed by atoms with Crippen LogP contribution in [0.1, 0.15) is 47.8 Å². The number of carbonyl (C=O) groups excluding carboxylic acids is 2. The van der Waals surface area contributed by atoms with Gasteiger partial charge in [-0.15, -0.1) is 12.4 Å². The molecular formula is C38H36Cl2FN3O3. The summed E-state index contributed by atoms with van der Waals surface area (Å²) in [6.07, 6.45) is 0.392. The molecule has 2 amide bonds. The van der Waals surface area contributed by atoms with Gasteiger partial charge in [-0.25, -0.2) is 4.39 Å². The molecule has 242 valence electrons. The fraction of sp³-hybridized carbons (Fsp3) is 0.158. The summed E-state index contributed by atoms with van der Waals surface area (Å²) >= 11 is 6.43. The molecule has 0 aliphatic heterocycles. The van der Waals surface area contributed by atoms with Gasteiger partial charge in [0.25, 0.3) is 5.91 Å². The predicted molar refractivity (Wildman–Crippen MR) is 188 cm³/mol. The summed E-state index contributed by atoms with van der Waals surface area (Å²) in [4.78, 5) is 27.1. The largest absolute Gasteiger partial charge is 0.457 e. The van der Waals surface area contributed by atoms with Crippen LogP contribution in [0.4, 0.5) is 4.39 Å². The zero-order valence-electron chi connectivity index (χ0n) is 26.0. The van der Waals surface area contributed by atoms with Crippen molar-refractivity contribution in [1.82, 2.24) is 10.6 Å². The molecule has 0 aliphatic rings. The molecule has 0 bridgehead atoms. The SMILES string of the molecule is CCC(NCc1ccccc1F)C(=O)NC(=O)c1ccc(-c2ccccc2)cc1-c1ccc(Cl)cc1Oc1cccc([C@@H](C)N)c1.Cl. The normalized spacial score (nSPS) is 12.0. The molecule has 0 fully saturated rings. The van der Waals surface area contributed by atoms with Crippen LogP contribution in [-0.4, -0.2) is 17.9 Å². The minimum Gasteiger partial charge on any atom is -0.457 e. The van der Waals surface area contributed by atoms with E-state index in [0.717, 1.165) is 16.7 Å². The Balaban J connectivity index is 0.00000500. The second-order valence-corrected chi connectivity index (χ2v) is 11.4. The molecule has 0 aliphatic carbocycles. The van der Waals surface area contributed by atoms with Crippen molar-refractivity contribution in [3.8, 4) is 33.8 Å². The molecule has 0 spiro atoms. The van der Waals surface area contributed by atoms with Gasteiger partial charge in [-0.3, -0.25) is 14.9 Å². The highest BCUT2D eigenvalue weighted by molar-refractivity contribution is 6.30. The second-order valence-electron chi connectivity index (χ2n) is 11.0. The van der Waals surface area contributed by atoms with Crippen molar-refractivity contribution in [1.29, 1.82) is 0 Å². The Labute approximate surface area is 285 Å². The molecule has 1 unspecified atom stereocenters. The van der Waals surface area contributed by atoms with E-state index in [-0.39, 0.29) is 36.4 Å². The van der Waals surface area contributed by atoms with Gasteiger partial charge in [0.05, 0.1) is 6.04 Å². The Morgan fingerprint density at radius 2 is 1.60 bits per heavy atom. The number of nitrogens with two attached hydrogens (primary N) is 1. The lowest BCUT2D eigenvalue weighted by Crippen LogP contribution is -2.45. The van der Waals surface area contributed by atoms with Crippen molar-refractivity contribution >= 4 is 35.8 Å². The molecule has 5 aromatic carbocycles. The van der Waals surface area contributed by atoms with Gasteiger partial charge < -0.3 is 15.8 Å². The van der Waals surface area contributed by atoms with Gasteiger partial charge in [0, 0.05) is 40.4 Å². The van der Waals surface area contributed by atoms with Gasteiger partial charge in [0.15, 0.2) is 0 Å². The van der Waals surface area contributed by atoms with Gasteiger partial charge in [0.1, 0.15) is 17.3 Å². The van der Waals surface area contributed by atoms with E-state index in [1.54, 1.807) is 42.5 Å². The highest BCUT2D eigenvalue weighted by Crippen LogP contribution is 2.39. The molecule has 2 atom stereocenters. The molecule has 5 aromatic rings. The molecule has 0 radical (unpaired) electrons. The maximum Gasteiger partial charge on any atom is 0.258 e. The molecule has 6 nitrogen and oxygen atoms in total. The Morgan fingerprint density at radius 1 is 0.851 bits per heavy atom. The summed E-state index contributed by atoms with van der Waals surface area (Å²) in [5.74, 6) is -0.467. The summed E-state index contributed by atoms with van der Waals surface area (Å²) in [5, 5.41) is 6.07. The first-order valence-electron chi connectivity index (χ1n) is 15.1. The number of nitrogens with one attached hydrogen (secondary N) is 2. The topological polar surface area (TPSA) is 93.5 Å². The van der Waals surface area contributed by atoms with Crippen molar-refractivity contribution < 1.29 is 18.7 Å². The van der Waals surface area contributed by atoms with Crippen LogP contribution in [0.5, 0.6) is 11.5 Å². The molecule has 0 saturated carbocycles. The van der Waals surface area contributed by atoms with E-state index in [9.17, 15) is 14.0 Å². The highest BCUT2D eigenvalue weighted by Gasteiger charge is 2.23. The van der Waals surface area contributed by atoms with Crippen LogP contribution in [0.3, 0.4) is 0 Å². The van der Waals surface area contributed by atoms with Crippen molar-refractivity contribution in [2.24, 2.45) is 5.73 Å². The Hall–Kier alpha value is -4.53. The van der Waals surface area contributed by atoms with Crippen LogP contribution in [0.25, 0.3) is 22.3 Å². The van der Waals surface area contributed by atoms with E-state index in [4.69, 9.17) is 22.1 Å². The van der Waals surface area contributed by atoms with Crippen molar-refractivity contribution in [2.45, 2.75) is 38.9 Å². The van der Waals surface area contributed by atoms with E-state index in [1.807, 2.05) is 80.6 Å². The van der Waals surface area contributed by atoms with Crippen LogP contribution in [0.2, 0.25) is 5.02 Å². The fourth-order valence-corrected chi connectivity index (χ4v) is 5.29. The second kappa shape index (κ2) is 16.3. The molecule has 9 heteroatoms. The van der Waals surface area contributed by atoms with Gasteiger partial charge in [-0.1, -0.05) is 85.3 Å². The zero-order chi connectivity index (χ0) is 32.6. The van der Waals surface area contributed by atoms with Crippen LogP contribution >= 0.6 is 24.0 Å². The lowest BCUT2D eigenvalue weighted by Gasteiger charge is -2.19. The number of hydrogen-bond acceptors (Lipinski definition) is 5. The summed E-state index contributed by atoms with van der Waals surface area (Å²) in [6.45, 7) is 3.85. The monoisotopic (exact) mass is 671 g/mol. The van der Waals surface area contributed by atoms with Crippen LogP contribution < -0.4 is 21.1 Å². The Kier molecular flexibility index (Phi) is 12.3. The van der Waals surface area contributed by atoms with Gasteiger partial charge in [-0.2, -0.15) is 0 Å². The van der Waals surface area contributed by atoms with Crippen LogP contribution in [-0.2, 0) is 11.3 Å². The maximum atomic E-state index is 14.2. The Morgan fingerprint density at radius 3 is 2.32 bits per heavy atom. The number of hydrogen-bond donors (Lipinski definition) is 3. The average molecular weight is 673 g/mol. The molecule has 47 heavy (non-hydrogen) atoms. The Bertz CT molecular complexity index is 1850. The van der Waals surface area contributed by atoms with Gasteiger partial charge in [0.2, 0.25) is 5.91 Å². The number of amides is 2. The molecule has 0 saturated heterocycles. The minimum absolute atomic E-state index is 0. The quantitative estimate of drug-likeness (QED) is 0.130. The zero-order valence-corrected chi connectivity index (χ0v) is 27.6. The molecule has 4 N–H and O–H groups in total. The standard InChI is InChI=1S/C38H35ClFN3O3.ClH/c1-3-35(42-23-28-12-7-8-15-34(28)40)38(45)43-37(44)32-18-16-27(25-10-5-4-6-11-25)21-33(32)31-19-17-29(39)22-36(31)46-30-14-9-13-26(20-30)24(2)41;/h4-22,24,35,42H,3,23,41H2,1-2H3,(H,43,44,45);1H/t24-,35?;/m1./s1. The third kappa shape index (κ3) is 8.84. The maximum absolute atomic E-state index is 14.2. The third-order valence-electron chi connectivity index (χ3n) is 7.68. The number of benzene rings is 5. The fourth-order valence-electron chi connectivity index (χ4n) is 5.13. The van der Waals surface area contributed by atoms with Gasteiger partial charge in [-0.05, 0) is 78.1 Å². The summed E-state index contributed by atoms with van der Waals surface area (Å²) in [6, 6.07) is 33.3. The van der Waals surface area contributed by atoms with Crippen molar-refractivity contribution in [2.75, 3.05) is 0 Å². The highest BCUT2D eigenvalue weighted by atomic mass is 35.5. The minimum atomic E-state index is -0.720. The first-order valence-corrected chi connectivity index (χ1v) is 15.5. The average Bonchev–Trinajstić information content (AvgIpc) is 3.06. The van der Waals surface area contributed by atoms with E-state index in [1.165, 1.54) is 6.07 Å². The number of imide groups is 1. The first-order chi connectivity index (χ1) is 22.2. The summed E-state index contributed by atoms with van der Waals surface area (Å²) in [7, 11) is 0. The van der Waals surface area contributed by atoms with E-state index in [0.29, 0.717) is 39.6 Å². The van der Waals surface area contributed by atoms with Crippen molar-refractivity contribution in [3.63, 3.8) is 0 Å². The molecular weight excluding hydrogens is 636 g/mol. The molecule has 5 rings (SSSR count). The van der Waals surface area contributed by atoms with Crippen LogP contribution in [0.15, 0.2) is 115 Å². The predicted octanol–water partition coefficient (Wildman–Crippen LogP) is 8.87.